The first-order chi connectivity index (χ1) is 30.4. The van der Waals surface area contributed by atoms with E-state index in [1.807, 2.05) is 0 Å². The minimum Gasteiger partial charge on any atom is -0.457 e. The lowest BCUT2D eigenvalue weighted by molar-refractivity contribution is -0.305. The number of aliphatic hydroxyl groups is 4. The standard InChI is InChI=1S/C53H88O9/c1-3-5-7-9-11-13-15-17-19-21-22-23-24-25-27-29-31-33-35-37-39-41-43-59-45-47(46-60-53-52(58)51(57)50(56)48(44-54)62-53)61-49(55)42-40-38-36-34-32-30-28-26-20-18-16-14-12-10-8-6-4-2/h5,7,11-14,17-20,22-23,25,27,31,33,47-48,50-54,56-58H,3-4,6,8-10,15-16,21,24,26,28-30,32,34-46H2,1-2H3/b7-5-,13-11-,14-12-,19-17-,20-18-,23-22-,27-25-,33-31-. The van der Waals surface area contributed by atoms with Gasteiger partial charge in [-0.2, -0.15) is 0 Å². The maximum absolute atomic E-state index is 12.8. The van der Waals surface area contributed by atoms with Crippen LogP contribution >= 0.6 is 0 Å². The van der Waals surface area contributed by atoms with Crippen molar-refractivity contribution in [2.45, 2.75) is 205 Å². The Labute approximate surface area is 377 Å². The van der Waals surface area contributed by atoms with Gasteiger partial charge in [-0.3, -0.25) is 4.79 Å². The summed E-state index contributed by atoms with van der Waals surface area (Å²) in [6, 6.07) is 0. The number of rotatable bonds is 40. The summed E-state index contributed by atoms with van der Waals surface area (Å²) in [5.41, 5.74) is 0. The summed E-state index contributed by atoms with van der Waals surface area (Å²) in [5.74, 6) is -0.338. The maximum Gasteiger partial charge on any atom is 0.306 e. The smallest absolute Gasteiger partial charge is 0.306 e. The Kier molecular flexibility index (Phi) is 40.0. The van der Waals surface area contributed by atoms with Crippen LogP contribution in [-0.4, -0.2) is 89.6 Å². The summed E-state index contributed by atoms with van der Waals surface area (Å²) in [6.07, 6.45) is 52.9. The fourth-order valence-corrected chi connectivity index (χ4v) is 6.70. The molecule has 0 aliphatic carbocycles. The van der Waals surface area contributed by atoms with E-state index in [9.17, 15) is 25.2 Å². The number of allylic oxidation sites excluding steroid dienone is 16. The summed E-state index contributed by atoms with van der Waals surface area (Å²) >= 11 is 0. The molecule has 1 saturated heterocycles. The van der Waals surface area contributed by atoms with Gasteiger partial charge in [-0.05, 0) is 96.3 Å². The number of carbonyl (C=O) groups is 1. The monoisotopic (exact) mass is 869 g/mol. The van der Waals surface area contributed by atoms with E-state index in [0.29, 0.717) is 13.0 Å². The Hall–Kier alpha value is -2.89. The molecular formula is C53H88O9. The van der Waals surface area contributed by atoms with Crippen LogP contribution in [0.3, 0.4) is 0 Å². The van der Waals surface area contributed by atoms with Gasteiger partial charge in [0.15, 0.2) is 6.29 Å². The first-order valence-corrected chi connectivity index (χ1v) is 24.3. The molecule has 0 aromatic rings. The predicted molar refractivity (Wildman–Crippen MR) is 256 cm³/mol. The lowest BCUT2D eigenvalue weighted by Gasteiger charge is -2.39. The van der Waals surface area contributed by atoms with Gasteiger partial charge in [0.1, 0.15) is 30.5 Å². The van der Waals surface area contributed by atoms with Crippen LogP contribution < -0.4 is 0 Å². The average Bonchev–Trinajstić information content (AvgIpc) is 3.27. The summed E-state index contributed by atoms with van der Waals surface area (Å²) < 4.78 is 22.8. The number of ether oxygens (including phenoxy) is 4. The van der Waals surface area contributed by atoms with Crippen LogP contribution in [0.4, 0.5) is 0 Å². The van der Waals surface area contributed by atoms with Crippen LogP contribution in [0.5, 0.6) is 0 Å². The molecule has 1 rings (SSSR count). The Morgan fingerprint density at radius 1 is 0.532 bits per heavy atom. The van der Waals surface area contributed by atoms with E-state index < -0.39 is 43.4 Å². The summed E-state index contributed by atoms with van der Waals surface area (Å²) in [6.45, 7) is 4.31. The highest BCUT2D eigenvalue weighted by atomic mass is 16.7. The fraction of sp³-hybridized carbons (Fsp3) is 0.679. The lowest BCUT2D eigenvalue weighted by atomic mass is 9.99. The van der Waals surface area contributed by atoms with Crippen molar-refractivity contribution in [2.24, 2.45) is 0 Å². The Morgan fingerprint density at radius 3 is 1.48 bits per heavy atom. The van der Waals surface area contributed by atoms with E-state index in [1.54, 1.807) is 0 Å². The third-order valence-electron chi connectivity index (χ3n) is 10.5. The van der Waals surface area contributed by atoms with Gasteiger partial charge >= 0.3 is 5.97 Å². The molecule has 0 spiro atoms. The van der Waals surface area contributed by atoms with Crippen LogP contribution in [0.15, 0.2) is 97.2 Å². The van der Waals surface area contributed by atoms with Gasteiger partial charge in [-0.25, -0.2) is 0 Å². The van der Waals surface area contributed by atoms with Crippen molar-refractivity contribution in [1.82, 2.24) is 0 Å². The quantitative estimate of drug-likeness (QED) is 0.0270. The predicted octanol–water partition coefficient (Wildman–Crippen LogP) is 11.6. The van der Waals surface area contributed by atoms with Gasteiger partial charge in [-0.1, -0.05) is 162 Å². The van der Waals surface area contributed by atoms with Gasteiger partial charge in [0.25, 0.3) is 0 Å². The van der Waals surface area contributed by atoms with Crippen molar-refractivity contribution in [3.05, 3.63) is 97.2 Å². The molecule has 62 heavy (non-hydrogen) atoms. The van der Waals surface area contributed by atoms with E-state index in [1.165, 1.54) is 44.9 Å². The maximum atomic E-state index is 12.8. The molecule has 1 fully saturated rings. The van der Waals surface area contributed by atoms with Crippen molar-refractivity contribution in [2.75, 3.05) is 26.4 Å². The van der Waals surface area contributed by atoms with Gasteiger partial charge in [-0.15, -0.1) is 0 Å². The Balaban J connectivity index is 2.29. The minimum absolute atomic E-state index is 0.112. The van der Waals surface area contributed by atoms with E-state index in [4.69, 9.17) is 18.9 Å². The van der Waals surface area contributed by atoms with Gasteiger partial charge in [0.2, 0.25) is 0 Å². The highest BCUT2D eigenvalue weighted by molar-refractivity contribution is 5.69. The second-order valence-electron chi connectivity index (χ2n) is 16.2. The lowest BCUT2D eigenvalue weighted by Crippen LogP contribution is -2.59. The molecule has 0 amide bonds. The minimum atomic E-state index is -1.55. The largest absolute Gasteiger partial charge is 0.457 e. The van der Waals surface area contributed by atoms with Crippen molar-refractivity contribution in [3.63, 3.8) is 0 Å². The number of esters is 1. The normalized spacial score (nSPS) is 20.6. The molecule has 6 unspecified atom stereocenters. The molecule has 9 heteroatoms. The average molecular weight is 869 g/mol. The molecule has 1 aliphatic heterocycles. The molecule has 1 heterocycles. The zero-order valence-electron chi connectivity index (χ0n) is 38.8. The fourth-order valence-electron chi connectivity index (χ4n) is 6.70. The second-order valence-corrected chi connectivity index (χ2v) is 16.2. The number of hydrogen-bond acceptors (Lipinski definition) is 9. The van der Waals surface area contributed by atoms with Crippen molar-refractivity contribution in [1.29, 1.82) is 0 Å². The molecule has 0 radical (unpaired) electrons. The molecule has 0 bridgehead atoms. The summed E-state index contributed by atoms with van der Waals surface area (Å²) in [4.78, 5) is 12.8. The number of unbranched alkanes of at least 4 members (excludes halogenated alkanes) is 13. The van der Waals surface area contributed by atoms with Crippen molar-refractivity contribution >= 4 is 5.97 Å². The number of hydrogen-bond donors (Lipinski definition) is 4. The van der Waals surface area contributed by atoms with Crippen molar-refractivity contribution < 1.29 is 44.2 Å². The van der Waals surface area contributed by atoms with Crippen molar-refractivity contribution in [3.8, 4) is 0 Å². The Bertz CT molecular complexity index is 1260. The molecule has 0 aromatic heterocycles. The van der Waals surface area contributed by atoms with Gasteiger partial charge < -0.3 is 39.4 Å². The van der Waals surface area contributed by atoms with Crippen LogP contribution in [0, 0.1) is 0 Å². The third kappa shape index (κ3) is 33.6. The van der Waals surface area contributed by atoms with Crippen LogP contribution in [0.25, 0.3) is 0 Å². The summed E-state index contributed by atoms with van der Waals surface area (Å²) in [5, 5.41) is 40.2. The molecule has 6 atom stereocenters. The van der Waals surface area contributed by atoms with E-state index in [-0.39, 0.29) is 19.2 Å². The molecule has 9 nitrogen and oxygen atoms in total. The SMILES string of the molecule is CC/C=C\C/C=C\C/C=C\C/C=C\C/C=C\C/C=C\CCCCCOCC(COC1OC(CO)C(O)C(O)C1O)OC(=O)CCCCCCCCC/C=C\C/C=C\CCCCC. The third-order valence-corrected chi connectivity index (χ3v) is 10.5. The zero-order valence-corrected chi connectivity index (χ0v) is 38.8. The Morgan fingerprint density at radius 2 is 0.984 bits per heavy atom. The second kappa shape index (κ2) is 43.4. The highest BCUT2D eigenvalue weighted by Crippen LogP contribution is 2.22. The van der Waals surface area contributed by atoms with E-state index in [2.05, 4.69) is 111 Å². The zero-order chi connectivity index (χ0) is 45.0. The molecule has 1 aliphatic rings. The highest BCUT2D eigenvalue weighted by Gasteiger charge is 2.44. The first kappa shape index (κ1) is 57.1. The first-order valence-electron chi connectivity index (χ1n) is 24.3. The van der Waals surface area contributed by atoms with Gasteiger partial charge in [0.05, 0.1) is 19.8 Å². The molecular weight excluding hydrogens is 781 g/mol. The van der Waals surface area contributed by atoms with E-state index in [0.717, 1.165) is 103 Å². The summed E-state index contributed by atoms with van der Waals surface area (Å²) in [7, 11) is 0. The molecule has 4 N–H and O–H groups in total. The van der Waals surface area contributed by atoms with E-state index >= 15 is 0 Å². The molecule has 0 saturated carbocycles. The van der Waals surface area contributed by atoms with Crippen LogP contribution in [0.2, 0.25) is 0 Å². The molecule has 354 valence electrons. The van der Waals surface area contributed by atoms with Crippen LogP contribution in [0.1, 0.15) is 168 Å². The topological polar surface area (TPSA) is 135 Å². The molecule has 0 aromatic carbocycles. The van der Waals surface area contributed by atoms with Crippen LogP contribution in [-0.2, 0) is 23.7 Å². The number of aliphatic hydroxyl groups excluding tert-OH is 4. The van der Waals surface area contributed by atoms with Gasteiger partial charge in [0, 0.05) is 13.0 Å². The number of carbonyl (C=O) groups excluding carboxylic acids is 1.